The van der Waals surface area contributed by atoms with Gasteiger partial charge in [0.25, 0.3) is 0 Å². The first-order chi connectivity index (χ1) is 9.63. The van der Waals surface area contributed by atoms with Gasteiger partial charge in [-0.1, -0.05) is 17.7 Å². The van der Waals surface area contributed by atoms with Crippen molar-refractivity contribution in [3.05, 3.63) is 41.2 Å². The van der Waals surface area contributed by atoms with E-state index in [1.54, 1.807) is 6.33 Å². The summed E-state index contributed by atoms with van der Waals surface area (Å²) in [5.74, 6) is 1.69. The molecule has 4 nitrogen and oxygen atoms in total. The van der Waals surface area contributed by atoms with Gasteiger partial charge in [-0.05, 0) is 38.5 Å². The molecule has 2 rings (SSSR count). The molecule has 0 aliphatic heterocycles. The lowest BCUT2D eigenvalue weighted by Gasteiger charge is -2.20. The molecule has 20 heavy (non-hydrogen) atoms. The molecule has 0 atom stereocenters. The van der Waals surface area contributed by atoms with Gasteiger partial charge in [-0.3, -0.25) is 0 Å². The molecule has 0 saturated carbocycles. The van der Waals surface area contributed by atoms with Crippen molar-refractivity contribution in [1.82, 2.24) is 9.97 Å². The molecular formula is C15H19ClN4. The van der Waals surface area contributed by atoms with Gasteiger partial charge in [0.1, 0.15) is 18.0 Å². The van der Waals surface area contributed by atoms with E-state index in [1.165, 1.54) is 0 Å². The zero-order valence-corrected chi connectivity index (χ0v) is 12.8. The van der Waals surface area contributed by atoms with Crippen molar-refractivity contribution in [2.45, 2.75) is 20.8 Å². The minimum Gasteiger partial charge on any atom is -0.357 e. The molecule has 5 heteroatoms. The third kappa shape index (κ3) is 3.39. The van der Waals surface area contributed by atoms with E-state index >= 15 is 0 Å². The van der Waals surface area contributed by atoms with Crippen LogP contribution >= 0.6 is 11.6 Å². The molecule has 0 bridgehead atoms. The van der Waals surface area contributed by atoms with Crippen molar-refractivity contribution in [3.8, 4) is 0 Å². The summed E-state index contributed by atoms with van der Waals surface area (Å²) in [6.45, 7) is 8.09. The molecule has 1 aromatic carbocycles. The third-order valence-electron chi connectivity index (χ3n) is 3.20. The molecule has 0 saturated heterocycles. The summed E-state index contributed by atoms with van der Waals surface area (Å²) in [5.41, 5.74) is 2.08. The Bertz CT molecular complexity index is 582. The molecule has 0 unspecified atom stereocenters. The van der Waals surface area contributed by atoms with Crippen molar-refractivity contribution in [1.29, 1.82) is 0 Å². The van der Waals surface area contributed by atoms with Gasteiger partial charge in [0.15, 0.2) is 0 Å². The van der Waals surface area contributed by atoms with Crippen LogP contribution in [0.5, 0.6) is 0 Å². The minimum absolute atomic E-state index is 0.705. The first-order valence-electron chi connectivity index (χ1n) is 6.74. The Morgan fingerprint density at radius 2 is 1.90 bits per heavy atom. The fourth-order valence-corrected chi connectivity index (χ4v) is 2.17. The molecule has 0 aliphatic carbocycles. The molecule has 0 aliphatic rings. The quantitative estimate of drug-likeness (QED) is 0.903. The fraction of sp³-hybridized carbons (Fsp3) is 0.333. The van der Waals surface area contributed by atoms with Gasteiger partial charge >= 0.3 is 0 Å². The maximum absolute atomic E-state index is 6.03. The highest BCUT2D eigenvalue weighted by atomic mass is 35.5. The lowest BCUT2D eigenvalue weighted by atomic mass is 10.2. The summed E-state index contributed by atoms with van der Waals surface area (Å²) in [4.78, 5) is 10.8. The van der Waals surface area contributed by atoms with E-state index in [4.69, 9.17) is 11.6 Å². The summed E-state index contributed by atoms with van der Waals surface area (Å²) in [6, 6.07) is 7.71. The molecule has 0 radical (unpaired) electrons. The number of benzene rings is 1. The van der Waals surface area contributed by atoms with Gasteiger partial charge in [0.05, 0.1) is 0 Å². The monoisotopic (exact) mass is 290 g/mol. The van der Waals surface area contributed by atoms with Crippen LogP contribution in [0.1, 0.15) is 19.4 Å². The molecule has 2 aromatic rings. The average Bonchev–Trinajstić information content (AvgIpc) is 2.45. The highest BCUT2D eigenvalue weighted by Crippen LogP contribution is 2.24. The zero-order chi connectivity index (χ0) is 14.5. The Labute approximate surface area is 124 Å². The Kier molecular flexibility index (Phi) is 4.79. The van der Waals surface area contributed by atoms with E-state index < -0.39 is 0 Å². The smallest absolute Gasteiger partial charge is 0.135 e. The summed E-state index contributed by atoms with van der Waals surface area (Å²) < 4.78 is 0. The van der Waals surface area contributed by atoms with Gasteiger partial charge in [0.2, 0.25) is 0 Å². The van der Waals surface area contributed by atoms with Crippen molar-refractivity contribution in [3.63, 3.8) is 0 Å². The molecule has 0 fully saturated rings. The van der Waals surface area contributed by atoms with Crippen LogP contribution in [0.15, 0.2) is 30.6 Å². The number of nitrogens with zero attached hydrogens (tertiary/aromatic N) is 3. The summed E-state index contributed by atoms with van der Waals surface area (Å²) in [7, 11) is 0. The van der Waals surface area contributed by atoms with Gasteiger partial charge in [0, 0.05) is 29.9 Å². The van der Waals surface area contributed by atoms with Gasteiger partial charge in [-0.2, -0.15) is 0 Å². The Hall–Kier alpha value is -1.81. The molecule has 0 spiro atoms. The van der Waals surface area contributed by atoms with Crippen LogP contribution in [0.4, 0.5) is 17.3 Å². The number of halogens is 1. The number of hydrogen-bond acceptors (Lipinski definition) is 4. The van der Waals surface area contributed by atoms with E-state index in [1.807, 2.05) is 31.2 Å². The predicted octanol–water partition coefficient (Wildman–Crippen LogP) is 4.03. The summed E-state index contributed by atoms with van der Waals surface area (Å²) >= 11 is 6.03. The normalized spacial score (nSPS) is 10.4. The molecule has 106 valence electrons. The SMILES string of the molecule is CCN(CC)c1cc(Nc2cc(Cl)ccc2C)ncn1. The zero-order valence-electron chi connectivity index (χ0n) is 12.0. The van der Waals surface area contributed by atoms with Crippen LogP contribution in [0.3, 0.4) is 0 Å². The van der Waals surface area contributed by atoms with Crippen molar-refractivity contribution in [2.24, 2.45) is 0 Å². The third-order valence-corrected chi connectivity index (χ3v) is 3.44. The second-order valence-electron chi connectivity index (χ2n) is 4.52. The van der Waals surface area contributed by atoms with Crippen LogP contribution in [0, 0.1) is 6.92 Å². The first-order valence-corrected chi connectivity index (χ1v) is 7.12. The van der Waals surface area contributed by atoms with Crippen LogP contribution in [-0.2, 0) is 0 Å². The molecule has 1 N–H and O–H groups in total. The second kappa shape index (κ2) is 6.57. The second-order valence-corrected chi connectivity index (χ2v) is 4.95. The number of hydrogen-bond donors (Lipinski definition) is 1. The van der Waals surface area contributed by atoms with E-state index in [0.717, 1.165) is 36.0 Å². The lowest BCUT2D eigenvalue weighted by molar-refractivity contribution is 0.842. The van der Waals surface area contributed by atoms with E-state index in [9.17, 15) is 0 Å². The van der Waals surface area contributed by atoms with Gasteiger partial charge in [-0.15, -0.1) is 0 Å². The summed E-state index contributed by atoms with van der Waals surface area (Å²) in [5, 5.41) is 4.00. The number of nitrogens with one attached hydrogen (secondary N) is 1. The minimum atomic E-state index is 0.705. The average molecular weight is 291 g/mol. The van der Waals surface area contributed by atoms with Gasteiger partial charge in [-0.25, -0.2) is 9.97 Å². The molecule has 1 heterocycles. The Morgan fingerprint density at radius 1 is 1.15 bits per heavy atom. The van der Waals surface area contributed by atoms with Gasteiger partial charge < -0.3 is 10.2 Å². The predicted molar refractivity (Wildman–Crippen MR) is 85.1 cm³/mol. The number of rotatable bonds is 5. The number of aromatic nitrogens is 2. The number of anilines is 3. The van der Waals surface area contributed by atoms with Crippen molar-refractivity contribution in [2.75, 3.05) is 23.3 Å². The maximum Gasteiger partial charge on any atom is 0.135 e. The molecule has 1 aromatic heterocycles. The molecular weight excluding hydrogens is 272 g/mol. The standard InChI is InChI=1S/C15H19ClN4/c1-4-20(5-2)15-9-14(17-10-18-15)19-13-8-12(16)7-6-11(13)3/h6-10H,4-5H2,1-3H3,(H,17,18,19). The fourth-order valence-electron chi connectivity index (χ4n) is 2.00. The van der Waals surface area contributed by atoms with E-state index in [0.29, 0.717) is 5.02 Å². The van der Waals surface area contributed by atoms with E-state index in [2.05, 4.69) is 34.0 Å². The first kappa shape index (κ1) is 14.6. The van der Waals surface area contributed by atoms with Crippen molar-refractivity contribution < 1.29 is 0 Å². The van der Waals surface area contributed by atoms with Crippen LogP contribution in [0.2, 0.25) is 5.02 Å². The Morgan fingerprint density at radius 3 is 2.60 bits per heavy atom. The van der Waals surface area contributed by atoms with Crippen LogP contribution < -0.4 is 10.2 Å². The highest BCUT2D eigenvalue weighted by molar-refractivity contribution is 6.30. The van der Waals surface area contributed by atoms with Crippen molar-refractivity contribution >= 4 is 28.9 Å². The molecule has 0 amide bonds. The topological polar surface area (TPSA) is 41.0 Å². The number of aryl methyl sites for hydroxylation is 1. The van der Waals surface area contributed by atoms with E-state index in [-0.39, 0.29) is 0 Å². The summed E-state index contributed by atoms with van der Waals surface area (Å²) in [6.07, 6.45) is 1.58. The lowest BCUT2D eigenvalue weighted by Crippen LogP contribution is -2.23. The Balaban J connectivity index is 2.25. The van der Waals surface area contributed by atoms with Crippen LogP contribution in [0.25, 0.3) is 0 Å². The highest BCUT2D eigenvalue weighted by Gasteiger charge is 2.06. The van der Waals surface area contributed by atoms with Crippen LogP contribution in [-0.4, -0.2) is 23.1 Å². The largest absolute Gasteiger partial charge is 0.357 e. The maximum atomic E-state index is 6.03.